The summed E-state index contributed by atoms with van der Waals surface area (Å²) in [7, 11) is 1.43. The van der Waals surface area contributed by atoms with Crippen molar-refractivity contribution < 1.29 is 27.8 Å². The molecule has 4 saturated heterocycles. The molecular formula is C32H34F3N5O3. The van der Waals surface area contributed by atoms with Crippen LogP contribution in [-0.2, 0) is 11.2 Å². The van der Waals surface area contributed by atoms with E-state index in [1.54, 1.807) is 6.07 Å². The number of aromatic nitrogens is 3. The average molecular weight is 594 g/mol. The minimum absolute atomic E-state index is 0.0205. The maximum absolute atomic E-state index is 16.0. The van der Waals surface area contributed by atoms with Crippen molar-refractivity contribution in [2.24, 2.45) is 5.41 Å². The van der Waals surface area contributed by atoms with Gasteiger partial charge in [-0.05, 0) is 66.8 Å². The Morgan fingerprint density at radius 3 is 2.67 bits per heavy atom. The lowest BCUT2D eigenvalue weighted by Crippen LogP contribution is -2.66. The van der Waals surface area contributed by atoms with Crippen molar-refractivity contribution in [2.75, 3.05) is 51.4 Å². The second-order valence-electron chi connectivity index (χ2n) is 12.2. The smallest absolute Gasteiger partial charge is 0.318 e. The van der Waals surface area contributed by atoms with Gasteiger partial charge in [-0.2, -0.15) is 9.97 Å². The van der Waals surface area contributed by atoms with Crippen LogP contribution >= 0.6 is 0 Å². The highest BCUT2D eigenvalue weighted by molar-refractivity contribution is 6.01. The predicted molar refractivity (Wildman–Crippen MR) is 157 cm³/mol. The van der Waals surface area contributed by atoms with Crippen molar-refractivity contribution in [1.82, 2.24) is 19.9 Å². The van der Waals surface area contributed by atoms with Gasteiger partial charge in [0, 0.05) is 37.4 Å². The number of rotatable bonds is 4. The fourth-order valence-electron chi connectivity index (χ4n) is 7.09. The molecule has 8 nitrogen and oxygen atoms in total. The topological polar surface area (TPSA) is 83.8 Å². The number of methoxy groups -OCH3 is 1. The van der Waals surface area contributed by atoms with E-state index in [9.17, 15) is 13.9 Å². The first-order valence-corrected chi connectivity index (χ1v) is 14.8. The van der Waals surface area contributed by atoms with E-state index in [4.69, 9.17) is 9.47 Å². The van der Waals surface area contributed by atoms with E-state index in [2.05, 4.69) is 19.9 Å². The van der Waals surface area contributed by atoms with Crippen LogP contribution in [0.25, 0.3) is 32.9 Å². The summed E-state index contributed by atoms with van der Waals surface area (Å²) in [5.74, 6) is -0.577. The number of hydrogen-bond acceptors (Lipinski definition) is 8. The molecule has 0 bridgehead atoms. The van der Waals surface area contributed by atoms with Gasteiger partial charge in [-0.25, -0.2) is 13.2 Å². The first kappa shape index (κ1) is 28.1. The van der Waals surface area contributed by atoms with Crippen molar-refractivity contribution >= 4 is 27.5 Å². The quantitative estimate of drug-likeness (QED) is 0.336. The summed E-state index contributed by atoms with van der Waals surface area (Å²) >= 11 is 0. The summed E-state index contributed by atoms with van der Waals surface area (Å²) < 4.78 is 53.9. The van der Waals surface area contributed by atoms with Crippen LogP contribution in [0, 0.1) is 17.0 Å². The standard InChI is InChI=1S/C25H22F2N4O3.C7H12FN/c1-3-15-18(26)5-4-13-6-14(32)7-16(19(13)15)21-20(27)22-17(8-28-21)23(30-24(29-22)33-2)31-9-25(10-31)11-34-12-25;8-6-4-7-2-1-3-9(7)5-6/h4-8,32H,3,9-12H2,1-2H3;6-7H,1-5H2/t;6-,7?/m.1/s1. The molecule has 0 amide bonds. The second-order valence-corrected chi connectivity index (χ2v) is 12.2. The number of aryl methyl sites for hydroxylation is 1. The van der Waals surface area contributed by atoms with Gasteiger partial charge in [0.05, 0.1) is 31.1 Å². The summed E-state index contributed by atoms with van der Waals surface area (Å²) in [5.41, 5.74) is 0.914. The summed E-state index contributed by atoms with van der Waals surface area (Å²) in [6, 6.07) is 6.52. The fraction of sp³-hybridized carbons (Fsp3) is 0.469. The van der Waals surface area contributed by atoms with Gasteiger partial charge in [0.2, 0.25) is 0 Å². The minimum atomic E-state index is -0.681. The van der Waals surface area contributed by atoms with E-state index >= 15 is 4.39 Å². The van der Waals surface area contributed by atoms with E-state index in [1.807, 2.05) is 11.8 Å². The highest BCUT2D eigenvalue weighted by Crippen LogP contribution is 2.43. The number of hydrogen-bond donors (Lipinski definition) is 1. The summed E-state index contributed by atoms with van der Waals surface area (Å²) in [6.45, 7) is 6.61. The van der Waals surface area contributed by atoms with Gasteiger partial charge in [0.1, 0.15) is 34.8 Å². The first-order chi connectivity index (χ1) is 20.8. The maximum Gasteiger partial charge on any atom is 0.318 e. The number of alkyl halides is 1. The van der Waals surface area contributed by atoms with E-state index in [0.717, 1.165) is 26.1 Å². The molecule has 4 aliphatic heterocycles. The van der Waals surface area contributed by atoms with Gasteiger partial charge in [-0.15, -0.1) is 0 Å². The molecule has 1 spiro atoms. The normalized spacial score (nSPS) is 22.3. The number of ether oxygens (including phenoxy) is 2. The second kappa shape index (κ2) is 10.8. The predicted octanol–water partition coefficient (Wildman–Crippen LogP) is 5.43. The largest absolute Gasteiger partial charge is 0.508 e. The Bertz CT molecular complexity index is 1700. The van der Waals surface area contributed by atoms with Gasteiger partial charge in [0.25, 0.3) is 0 Å². The third kappa shape index (κ3) is 4.82. The molecule has 11 heteroatoms. The Morgan fingerprint density at radius 2 is 1.98 bits per heavy atom. The number of halogens is 3. The van der Waals surface area contributed by atoms with Crippen LogP contribution in [0.4, 0.5) is 19.0 Å². The van der Waals surface area contributed by atoms with Crippen molar-refractivity contribution in [3.05, 3.63) is 47.7 Å². The van der Waals surface area contributed by atoms with Crippen LogP contribution in [0.1, 0.15) is 31.7 Å². The number of nitrogens with zero attached hydrogens (tertiary/aromatic N) is 5. The van der Waals surface area contributed by atoms with Crippen LogP contribution in [0.5, 0.6) is 11.8 Å². The fourth-order valence-corrected chi connectivity index (χ4v) is 7.09. The lowest BCUT2D eigenvalue weighted by atomic mass is 9.78. The number of phenolic OH excluding ortho intramolecular Hbond substituents is 1. The van der Waals surface area contributed by atoms with Gasteiger partial charge in [-0.3, -0.25) is 9.88 Å². The molecule has 6 heterocycles. The summed E-state index contributed by atoms with van der Waals surface area (Å²) in [4.78, 5) is 17.5. The van der Waals surface area contributed by atoms with E-state index in [-0.39, 0.29) is 34.2 Å². The zero-order chi connectivity index (χ0) is 29.9. The minimum Gasteiger partial charge on any atom is -0.508 e. The number of fused-ring (bicyclic) bond motifs is 3. The molecule has 1 unspecified atom stereocenters. The molecule has 2 atom stereocenters. The van der Waals surface area contributed by atoms with Crippen LogP contribution in [0.15, 0.2) is 30.5 Å². The molecule has 0 aliphatic carbocycles. The molecule has 0 radical (unpaired) electrons. The molecule has 4 aliphatic rings. The number of phenols is 1. The summed E-state index contributed by atoms with van der Waals surface area (Å²) in [5, 5.41) is 11.9. The Kier molecular flexibility index (Phi) is 7.04. The highest BCUT2D eigenvalue weighted by Gasteiger charge is 2.50. The third-order valence-corrected chi connectivity index (χ3v) is 9.22. The Labute approximate surface area is 247 Å². The zero-order valence-corrected chi connectivity index (χ0v) is 24.2. The molecule has 4 fully saturated rings. The average Bonchev–Trinajstić information content (AvgIpc) is 3.53. The van der Waals surface area contributed by atoms with Crippen molar-refractivity contribution in [3.8, 4) is 23.0 Å². The zero-order valence-electron chi connectivity index (χ0n) is 24.2. The molecule has 1 N–H and O–H groups in total. The van der Waals surface area contributed by atoms with E-state index in [1.165, 1.54) is 44.3 Å². The lowest BCUT2D eigenvalue weighted by molar-refractivity contribution is -0.127. The van der Waals surface area contributed by atoms with Crippen LogP contribution in [0.2, 0.25) is 0 Å². The highest BCUT2D eigenvalue weighted by atomic mass is 19.1. The third-order valence-electron chi connectivity index (χ3n) is 9.22. The Morgan fingerprint density at radius 1 is 1.16 bits per heavy atom. The number of benzene rings is 2. The first-order valence-electron chi connectivity index (χ1n) is 14.8. The molecule has 4 aromatic rings. The van der Waals surface area contributed by atoms with Gasteiger partial charge < -0.3 is 19.5 Å². The monoisotopic (exact) mass is 593 g/mol. The number of anilines is 1. The van der Waals surface area contributed by atoms with Crippen LogP contribution in [-0.4, -0.2) is 83.7 Å². The molecule has 2 aromatic carbocycles. The molecule has 8 rings (SSSR count). The van der Waals surface area contributed by atoms with Crippen LogP contribution < -0.4 is 9.64 Å². The lowest BCUT2D eigenvalue weighted by Gasteiger charge is -2.55. The molecule has 2 aromatic heterocycles. The van der Waals surface area contributed by atoms with Gasteiger partial charge in [0.15, 0.2) is 5.82 Å². The number of aromatic hydroxyl groups is 1. The van der Waals surface area contributed by atoms with Crippen molar-refractivity contribution in [2.45, 2.75) is 44.8 Å². The molecular weight excluding hydrogens is 559 g/mol. The van der Waals surface area contributed by atoms with E-state index in [0.29, 0.717) is 65.3 Å². The van der Waals surface area contributed by atoms with Crippen LogP contribution in [0.3, 0.4) is 0 Å². The Balaban J connectivity index is 0.000000283. The Hall–Kier alpha value is -3.70. The van der Waals surface area contributed by atoms with Gasteiger partial charge >= 0.3 is 6.01 Å². The number of pyridine rings is 1. The molecule has 0 saturated carbocycles. The SMILES string of the molecule is CCc1c(F)ccc2cc(O)cc(-c3ncc4c(N5CC6(COC6)C5)nc(OC)nc4c3F)c12.F[C@@H]1CC2CCCN2C1. The van der Waals surface area contributed by atoms with Crippen molar-refractivity contribution in [1.29, 1.82) is 0 Å². The van der Waals surface area contributed by atoms with E-state index < -0.39 is 12.0 Å². The van der Waals surface area contributed by atoms with Gasteiger partial charge in [-0.1, -0.05) is 13.0 Å². The van der Waals surface area contributed by atoms with Crippen molar-refractivity contribution in [3.63, 3.8) is 0 Å². The summed E-state index contributed by atoms with van der Waals surface area (Å²) in [6.07, 6.45) is 4.75. The molecule has 226 valence electrons. The maximum atomic E-state index is 16.0. The molecule has 43 heavy (non-hydrogen) atoms.